The van der Waals surface area contributed by atoms with Gasteiger partial charge < -0.3 is 0 Å². The molecule has 0 spiro atoms. The highest BCUT2D eigenvalue weighted by Gasteiger charge is 2.29. The summed E-state index contributed by atoms with van der Waals surface area (Å²) in [6.07, 6.45) is 3.28. The first kappa shape index (κ1) is 17.9. The molecule has 0 radical (unpaired) electrons. The maximum atomic E-state index is 11.8. The Labute approximate surface area is 114 Å². The molecule has 0 aromatic heterocycles. The van der Waals surface area contributed by atoms with Crippen molar-refractivity contribution in [1.29, 1.82) is 0 Å². The monoisotopic (exact) mass is 277 g/mol. The van der Waals surface area contributed by atoms with Crippen molar-refractivity contribution < 1.29 is 8.42 Å². The van der Waals surface area contributed by atoms with E-state index in [1.54, 1.807) is 4.31 Å². The number of rotatable bonds is 5. The predicted octanol–water partition coefficient (Wildman–Crippen LogP) is 3.51. The fourth-order valence-corrected chi connectivity index (χ4v) is 3.43. The van der Waals surface area contributed by atoms with Gasteiger partial charge in [0.25, 0.3) is 0 Å². The van der Waals surface area contributed by atoms with Crippen molar-refractivity contribution in [3.8, 4) is 0 Å². The lowest BCUT2D eigenvalue weighted by molar-refractivity contribution is 0.211. The average Bonchev–Trinajstić information content (AvgIpc) is 2.05. The number of nitrogens with zero attached hydrogens (tertiary/aromatic N) is 1. The standard InChI is InChI=1S/C14H31NO2S/c1-12(13(2,3)4)10-9-11-15(14(5,6)7)18(8,16)17/h12H,9-11H2,1-8H3/t12-/m0/s1. The summed E-state index contributed by atoms with van der Waals surface area (Å²) in [4.78, 5) is 0. The van der Waals surface area contributed by atoms with E-state index < -0.39 is 10.0 Å². The molecule has 0 N–H and O–H groups in total. The summed E-state index contributed by atoms with van der Waals surface area (Å²) in [5.41, 5.74) is -0.0454. The van der Waals surface area contributed by atoms with Crippen LogP contribution in [0.2, 0.25) is 0 Å². The van der Waals surface area contributed by atoms with E-state index in [1.165, 1.54) is 6.26 Å². The molecule has 0 rings (SSSR count). The van der Waals surface area contributed by atoms with Gasteiger partial charge in [-0.1, -0.05) is 27.7 Å². The van der Waals surface area contributed by atoms with Crippen LogP contribution in [0, 0.1) is 11.3 Å². The molecule has 0 aliphatic rings. The van der Waals surface area contributed by atoms with Crippen molar-refractivity contribution in [3.63, 3.8) is 0 Å². The fourth-order valence-electron chi connectivity index (χ4n) is 1.97. The zero-order chi connectivity index (χ0) is 14.8. The zero-order valence-corrected chi connectivity index (χ0v) is 14.2. The molecule has 1 atom stereocenters. The molecule has 0 aliphatic carbocycles. The van der Waals surface area contributed by atoms with Crippen LogP contribution in [0.25, 0.3) is 0 Å². The Morgan fingerprint density at radius 3 is 1.78 bits per heavy atom. The molecule has 0 aliphatic heterocycles. The molecule has 0 aromatic rings. The van der Waals surface area contributed by atoms with Gasteiger partial charge in [0.15, 0.2) is 0 Å². The van der Waals surface area contributed by atoms with Gasteiger partial charge in [0.1, 0.15) is 0 Å². The molecule has 0 bridgehead atoms. The molecule has 0 saturated carbocycles. The van der Waals surface area contributed by atoms with E-state index in [4.69, 9.17) is 0 Å². The van der Waals surface area contributed by atoms with Gasteiger partial charge in [-0.2, -0.15) is 4.31 Å². The van der Waals surface area contributed by atoms with Crippen LogP contribution in [0.15, 0.2) is 0 Å². The predicted molar refractivity (Wildman–Crippen MR) is 79.2 cm³/mol. The van der Waals surface area contributed by atoms with Crippen LogP contribution in [0.4, 0.5) is 0 Å². The molecule has 0 heterocycles. The van der Waals surface area contributed by atoms with E-state index in [9.17, 15) is 8.42 Å². The minimum absolute atomic E-state index is 0.289. The largest absolute Gasteiger partial charge is 0.212 e. The van der Waals surface area contributed by atoms with Crippen LogP contribution in [-0.4, -0.2) is 31.1 Å². The van der Waals surface area contributed by atoms with Crippen molar-refractivity contribution in [2.24, 2.45) is 11.3 Å². The van der Waals surface area contributed by atoms with Gasteiger partial charge in [0.05, 0.1) is 6.26 Å². The maximum Gasteiger partial charge on any atom is 0.211 e. The van der Waals surface area contributed by atoms with Crippen LogP contribution in [0.1, 0.15) is 61.3 Å². The van der Waals surface area contributed by atoms with Crippen molar-refractivity contribution >= 4 is 10.0 Å². The molecule has 0 aromatic carbocycles. The molecule has 0 saturated heterocycles. The molecular formula is C14H31NO2S. The van der Waals surface area contributed by atoms with Gasteiger partial charge in [0.2, 0.25) is 10.0 Å². The summed E-state index contributed by atoms with van der Waals surface area (Å²) in [5.74, 6) is 0.596. The topological polar surface area (TPSA) is 37.4 Å². The van der Waals surface area contributed by atoms with Crippen molar-refractivity contribution in [1.82, 2.24) is 4.31 Å². The molecule has 4 heteroatoms. The zero-order valence-electron chi connectivity index (χ0n) is 13.4. The van der Waals surface area contributed by atoms with Gasteiger partial charge >= 0.3 is 0 Å². The second-order valence-corrected chi connectivity index (χ2v) is 9.32. The van der Waals surface area contributed by atoms with Crippen LogP contribution in [-0.2, 0) is 10.0 Å². The Balaban J connectivity index is 4.50. The average molecular weight is 277 g/mol. The summed E-state index contributed by atoms with van der Waals surface area (Å²) < 4.78 is 25.2. The van der Waals surface area contributed by atoms with E-state index in [0.29, 0.717) is 12.5 Å². The molecule has 110 valence electrons. The van der Waals surface area contributed by atoms with Crippen LogP contribution < -0.4 is 0 Å². The van der Waals surface area contributed by atoms with E-state index in [1.807, 2.05) is 20.8 Å². The third kappa shape index (κ3) is 6.19. The molecule has 0 unspecified atom stereocenters. The van der Waals surface area contributed by atoms with Crippen molar-refractivity contribution in [2.75, 3.05) is 12.8 Å². The smallest absolute Gasteiger partial charge is 0.211 e. The third-order valence-corrected chi connectivity index (χ3v) is 5.16. The maximum absolute atomic E-state index is 11.8. The van der Waals surface area contributed by atoms with Crippen LogP contribution in [0.5, 0.6) is 0 Å². The fraction of sp³-hybridized carbons (Fsp3) is 1.00. The van der Waals surface area contributed by atoms with E-state index >= 15 is 0 Å². The summed E-state index contributed by atoms with van der Waals surface area (Å²) in [6.45, 7) is 15.4. The lowest BCUT2D eigenvalue weighted by Gasteiger charge is -2.34. The Hall–Kier alpha value is -0.0900. The number of hydrogen-bond donors (Lipinski definition) is 0. The first-order valence-electron chi connectivity index (χ1n) is 6.74. The van der Waals surface area contributed by atoms with Gasteiger partial charge in [-0.3, -0.25) is 0 Å². The minimum atomic E-state index is -3.12. The number of hydrogen-bond acceptors (Lipinski definition) is 2. The summed E-state index contributed by atoms with van der Waals surface area (Å²) in [7, 11) is -3.12. The molecule has 0 amide bonds. The molecule has 18 heavy (non-hydrogen) atoms. The Kier molecular flexibility index (Phi) is 5.88. The first-order valence-corrected chi connectivity index (χ1v) is 8.59. The van der Waals surface area contributed by atoms with E-state index in [0.717, 1.165) is 12.8 Å². The minimum Gasteiger partial charge on any atom is -0.212 e. The van der Waals surface area contributed by atoms with Crippen LogP contribution in [0.3, 0.4) is 0 Å². The highest BCUT2D eigenvalue weighted by Crippen LogP contribution is 2.29. The molecule has 3 nitrogen and oxygen atoms in total. The van der Waals surface area contributed by atoms with Gasteiger partial charge in [-0.25, -0.2) is 8.42 Å². The van der Waals surface area contributed by atoms with Crippen LogP contribution >= 0.6 is 0 Å². The lowest BCUT2D eigenvalue weighted by atomic mass is 9.79. The molecule has 0 fully saturated rings. The van der Waals surface area contributed by atoms with E-state index in [2.05, 4.69) is 27.7 Å². The van der Waals surface area contributed by atoms with Gasteiger partial charge in [-0.15, -0.1) is 0 Å². The molecular weight excluding hydrogens is 246 g/mol. The summed E-state index contributed by atoms with van der Waals surface area (Å²) in [6, 6.07) is 0. The SMILES string of the molecule is C[C@@H](CCCN(C(C)(C)C)S(C)(=O)=O)C(C)(C)C. The first-order chi connectivity index (χ1) is 7.76. The normalized spacial score (nSPS) is 16.1. The third-order valence-electron chi connectivity index (χ3n) is 3.63. The van der Waals surface area contributed by atoms with Gasteiger partial charge in [0, 0.05) is 12.1 Å². The Morgan fingerprint density at radius 1 is 1.06 bits per heavy atom. The number of sulfonamides is 1. The van der Waals surface area contributed by atoms with Crippen molar-refractivity contribution in [3.05, 3.63) is 0 Å². The van der Waals surface area contributed by atoms with Crippen molar-refractivity contribution in [2.45, 2.75) is 66.8 Å². The Bertz CT molecular complexity index is 347. The summed E-state index contributed by atoms with van der Waals surface area (Å²) >= 11 is 0. The summed E-state index contributed by atoms with van der Waals surface area (Å²) in [5, 5.41) is 0. The van der Waals surface area contributed by atoms with Gasteiger partial charge in [-0.05, 0) is 44.9 Å². The highest BCUT2D eigenvalue weighted by atomic mass is 32.2. The quantitative estimate of drug-likeness (QED) is 0.771. The second kappa shape index (κ2) is 5.91. The second-order valence-electron chi connectivity index (χ2n) is 7.42. The highest BCUT2D eigenvalue weighted by molar-refractivity contribution is 7.88. The lowest BCUT2D eigenvalue weighted by Crippen LogP contribution is -2.45. The Morgan fingerprint density at radius 2 is 1.50 bits per heavy atom. The van der Waals surface area contributed by atoms with E-state index in [-0.39, 0.29) is 11.0 Å².